The van der Waals surface area contributed by atoms with Crippen molar-refractivity contribution in [2.24, 2.45) is 5.92 Å². The molecule has 1 heterocycles. The van der Waals surface area contributed by atoms with Crippen molar-refractivity contribution in [3.05, 3.63) is 59.9 Å². The second kappa shape index (κ2) is 7.56. The van der Waals surface area contributed by atoms with Gasteiger partial charge < -0.3 is 15.0 Å². The van der Waals surface area contributed by atoms with Crippen LogP contribution in [0.2, 0.25) is 0 Å². The van der Waals surface area contributed by atoms with Crippen LogP contribution in [0.3, 0.4) is 0 Å². The Bertz CT molecular complexity index is 824. The van der Waals surface area contributed by atoms with E-state index in [1.165, 1.54) is 12.1 Å². The van der Waals surface area contributed by atoms with Gasteiger partial charge in [-0.2, -0.15) is 0 Å². The molecule has 0 radical (unpaired) electrons. The molecule has 0 unspecified atom stereocenters. The minimum absolute atomic E-state index is 0.100. The van der Waals surface area contributed by atoms with E-state index in [1.54, 1.807) is 49.3 Å². The number of carbonyl (C=O) groups is 2. The van der Waals surface area contributed by atoms with E-state index in [-0.39, 0.29) is 30.1 Å². The van der Waals surface area contributed by atoms with E-state index in [0.717, 1.165) is 0 Å². The molecule has 2 aromatic carbocycles. The molecule has 5 nitrogen and oxygen atoms in total. The van der Waals surface area contributed by atoms with Gasteiger partial charge in [0.15, 0.2) is 0 Å². The second-order valence-corrected chi connectivity index (χ2v) is 6.39. The molecule has 1 aliphatic heterocycles. The fourth-order valence-electron chi connectivity index (χ4n) is 3.10. The molecule has 26 heavy (non-hydrogen) atoms. The summed E-state index contributed by atoms with van der Waals surface area (Å²) in [5.74, 6) is -0.436. The Hall–Kier alpha value is -2.89. The normalized spacial score (nSPS) is 17.9. The van der Waals surface area contributed by atoms with Gasteiger partial charge in [-0.15, -0.1) is 0 Å². The number of nitrogens with zero attached hydrogens (tertiary/aromatic N) is 1. The summed E-state index contributed by atoms with van der Waals surface area (Å²) in [5, 5.41) is 2.87. The predicted molar refractivity (Wildman–Crippen MR) is 96.4 cm³/mol. The molecule has 1 saturated heterocycles. The van der Waals surface area contributed by atoms with Crippen molar-refractivity contribution in [2.75, 3.05) is 18.6 Å². The number of hydrogen-bond acceptors (Lipinski definition) is 3. The molecule has 0 saturated carbocycles. The van der Waals surface area contributed by atoms with E-state index < -0.39 is 5.92 Å². The molecular formula is C20H21FN2O3. The minimum atomic E-state index is -0.440. The van der Waals surface area contributed by atoms with Gasteiger partial charge in [-0.05, 0) is 36.8 Å². The highest BCUT2D eigenvalue weighted by atomic mass is 19.1. The van der Waals surface area contributed by atoms with Gasteiger partial charge in [0.2, 0.25) is 11.8 Å². The van der Waals surface area contributed by atoms with Crippen LogP contribution in [0.25, 0.3) is 0 Å². The molecule has 2 amide bonds. The van der Waals surface area contributed by atoms with Crippen molar-refractivity contribution in [3.8, 4) is 5.75 Å². The van der Waals surface area contributed by atoms with Crippen LogP contribution in [0.4, 0.5) is 10.1 Å². The average Bonchev–Trinajstić information content (AvgIpc) is 3.03. The fourth-order valence-corrected chi connectivity index (χ4v) is 3.10. The predicted octanol–water partition coefficient (Wildman–Crippen LogP) is 3.06. The average molecular weight is 356 g/mol. The first-order valence-corrected chi connectivity index (χ1v) is 8.48. The maximum absolute atomic E-state index is 13.3. The molecule has 2 aromatic rings. The molecule has 3 rings (SSSR count). The summed E-state index contributed by atoms with van der Waals surface area (Å²) in [5.41, 5.74) is 1.40. The Kier molecular flexibility index (Phi) is 5.21. The Labute approximate surface area is 151 Å². The lowest BCUT2D eigenvalue weighted by molar-refractivity contribution is -0.126. The highest BCUT2D eigenvalue weighted by Crippen LogP contribution is 2.28. The maximum Gasteiger partial charge on any atom is 0.227 e. The van der Waals surface area contributed by atoms with Crippen LogP contribution >= 0.6 is 0 Å². The van der Waals surface area contributed by atoms with Gasteiger partial charge >= 0.3 is 0 Å². The molecule has 0 bridgehead atoms. The summed E-state index contributed by atoms with van der Waals surface area (Å²) in [7, 11) is 1.56. The highest BCUT2D eigenvalue weighted by Gasteiger charge is 2.35. The number of nitrogens with one attached hydrogen (secondary N) is 1. The van der Waals surface area contributed by atoms with Crippen molar-refractivity contribution in [3.63, 3.8) is 0 Å². The van der Waals surface area contributed by atoms with Gasteiger partial charge in [0.25, 0.3) is 0 Å². The Morgan fingerprint density at radius 3 is 2.77 bits per heavy atom. The third kappa shape index (κ3) is 3.85. The topological polar surface area (TPSA) is 58.6 Å². The monoisotopic (exact) mass is 356 g/mol. The third-order valence-electron chi connectivity index (χ3n) is 4.57. The molecule has 1 aliphatic rings. The molecule has 0 aromatic heterocycles. The number of ether oxygens (including phenoxy) is 1. The molecule has 0 spiro atoms. The lowest BCUT2D eigenvalue weighted by Crippen LogP contribution is -2.34. The number of methoxy groups -OCH3 is 1. The zero-order valence-electron chi connectivity index (χ0n) is 14.7. The van der Waals surface area contributed by atoms with E-state index in [9.17, 15) is 14.0 Å². The zero-order chi connectivity index (χ0) is 18.7. The minimum Gasteiger partial charge on any atom is -0.497 e. The molecule has 0 aliphatic carbocycles. The first kappa shape index (κ1) is 17.9. The number of carbonyl (C=O) groups excluding carboxylic acids is 2. The summed E-state index contributed by atoms with van der Waals surface area (Å²) < 4.78 is 18.5. The van der Waals surface area contributed by atoms with Crippen molar-refractivity contribution in [2.45, 2.75) is 19.4 Å². The lowest BCUT2D eigenvalue weighted by Gasteiger charge is -2.19. The largest absolute Gasteiger partial charge is 0.497 e. The highest BCUT2D eigenvalue weighted by molar-refractivity contribution is 6.00. The van der Waals surface area contributed by atoms with Gasteiger partial charge in [0, 0.05) is 24.7 Å². The van der Waals surface area contributed by atoms with Gasteiger partial charge in [-0.1, -0.05) is 18.2 Å². The summed E-state index contributed by atoms with van der Waals surface area (Å²) in [4.78, 5) is 26.5. The molecule has 6 heteroatoms. The van der Waals surface area contributed by atoms with E-state index in [2.05, 4.69) is 5.32 Å². The molecule has 1 N–H and O–H groups in total. The van der Waals surface area contributed by atoms with Crippen molar-refractivity contribution < 1.29 is 18.7 Å². The Morgan fingerprint density at radius 2 is 2.04 bits per heavy atom. The number of hydrogen-bond donors (Lipinski definition) is 1. The standard InChI is InChI=1S/C20H21FN2O3/c1-13(14-5-3-6-16(21)9-14)22-20(25)15-10-19(24)23(12-15)17-7-4-8-18(11-17)26-2/h3-9,11,13,15H,10,12H2,1-2H3,(H,22,25)/t13-,15-/m1/s1. The quantitative estimate of drug-likeness (QED) is 0.896. The molecule has 2 atom stereocenters. The van der Waals surface area contributed by atoms with E-state index in [1.807, 2.05) is 6.07 Å². The summed E-state index contributed by atoms with van der Waals surface area (Å²) in [6.45, 7) is 2.11. The van der Waals surface area contributed by atoms with E-state index in [0.29, 0.717) is 23.5 Å². The van der Waals surface area contributed by atoms with Crippen LogP contribution in [-0.2, 0) is 9.59 Å². The Balaban J connectivity index is 1.67. The van der Waals surface area contributed by atoms with Gasteiger partial charge in [0.05, 0.1) is 19.1 Å². The molecular weight excluding hydrogens is 335 g/mol. The zero-order valence-corrected chi connectivity index (χ0v) is 14.7. The SMILES string of the molecule is COc1cccc(N2C[C@H](C(=O)N[C@H](C)c3cccc(F)c3)CC2=O)c1. The number of rotatable bonds is 5. The van der Waals surface area contributed by atoms with E-state index in [4.69, 9.17) is 4.74 Å². The maximum atomic E-state index is 13.3. The number of benzene rings is 2. The second-order valence-electron chi connectivity index (χ2n) is 6.39. The smallest absolute Gasteiger partial charge is 0.227 e. The first-order chi connectivity index (χ1) is 12.5. The number of anilines is 1. The van der Waals surface area contributed by atoms with Gasteiger partial charge in [0.1, 0.15) is 11.6 Å². The van der Waals surface area contributed by atoms with E-state index >= 15 is 0 Å². The van der Waals surface area contributed by atoms with Gasteiger partial charge in [-0.25, -0.2) is 4.39 Å². The Morgan fingerprint density at radius 1 is 1.27 bits per heavy atom. The number of halogens is 1. The van der Waals surface area contributed by atoms with Crippen molar-refractivity contribution in [1.29, 1.82) is 0 Å². The summed E-state index contributed by atoms with van der Waals surface area (Å²) in [6.07, 6.45) is 0.152. The summed E-state index contributed by atoms with van der Waals surface area (Å²) in [6, 6.07) is 13.0. The summed E-state index contributed by atoms with van der Waals surface area (Å²) >= 11 is 0. The molecule has 136 valence electrons. The fraction of sp³-hybridized carbons (Fsp3) is 0.300. The molecule has 1 fully saturated rings. The lowest BCUT2D eigenvalue weighted by atomic mass is 10.0. The van der Waals surface area contributed by atoms with Crippen LogP contribution in [0.15, 0.2) is 48.5 Å². The third-order valence-corrected chi connectivity index (χ3v) is 4.57. The van der Waals surface area contributed by atoms with Crippen molar-refractivity contribution in [1.82, 2.24) is 5.32 Å². The van der Waals surface area contributed by atoms with Crippen LogP contribution in [-0.4, -0.2) is 25.5 Å². The van der Waals surface area contributed by atoms with Crippen molar-refractivity contribution >= 4 is 17.5 Å². The van der Waals surface area contributed by atoms with Crippen LogP contribution in [0.5, 0.6) is 5.75 Å². The number of amides is 2. The van der Waals surface area contributed by atoms with Crippen LogP contribution in [0, 0.1) is 11.7 Å². The first-order valence-electron chi connectivity index (χ1n) is 8.48. The van der Waals surface area contributed by atoms with Crippen LogP contribution in [0.1, 0.15) is 24.9 Å². The van der Waals surface area contributed by atoms with Crippen LogP contribution < -0.4 is 15.0 Å². The van der Waals surface area contributed by atoms with Gasteiger partial charge in [-0.3, -0.25) is 9.59 Å².